The Morgan fingerprint density at radius 1 is 1.57 bits per heavy atom. The normalized spacial score (nSPS) is 26.7. The minimum Gasteiger partial charge on any atom is -0.379 e. The zero-order valence-corrected chi connectivity index (χ0v) is 8.88. The quantitative estimate of drug-likeness (QED) is 0.753. The van der Waals surface area contributed by atoms with Gasteiger partial charge < -0.3 is 15.8 Å². The molecule has 1 saturated heterocycles. The van der Waals surface area contributed by atoms with E-state index in [1.54, 1.807) is 11.3 Å². The molecule has 0 spiro atoms. The maximum absolute atomic E-state index is 5.85. The van der Waals surface area contributed by atoms with Crippen LogP contribution in [-0.2, 0) is 4.74 Å². The fourth-order valence-corrected chi connectivity index (χ4v) is 2.01. The van der Waals surface area contributed by atoms with Gasteiger partial charge in [0, 0.05) is 18.5 Å². The average Bonchev–Trinajstić information content (AvgIpc) is 2.72. The zero-order valence-electron chi connectivity index (χ0n) is 8.06. The molecular weight excluding hydrogens is 200 g/mol. The second-order valence-corrected chi connectivity index (χ2v) is 4.65. The van der Waals surface area contributed by atoms with Crippen molar-refractivity contribution in [1.82, 2.24) is 10.2 Å². The molecule has 2 atom stereocenters. The number of aryl methyl sites for hydroxylation is 1. The number of nitrogens with one attached hydrogen (secondary N) is 1. The van der Waals surface area contributed by atoms with E-state index in [1.165, 1.54) is 0 Å². The summed E-state index contributed by atoms with van der Waals surface area (Å²) in [6.07, 6.45) is 0. The van der Waals surface area contributed by atoms with Gasteiger partial charge in [-0.05, 0) is 6.92 Å². The van der Waals surface area contributed by atoms with Crippen LogP contribution in [0.15, 0.2) is 0 Å². The van der Waals surface area contributed by atoms with Crippen molar-refractivity contribution < 1.29 is 4.74 Å². The second kappa shape index (κ2) is 4.20. The first-order chi connectivity index (χ1) is 6.75. The van der Waals surface area contributed by atoms with Crippen molar-refractivity contribution in [3.63, 3.8) is 0 Å². The molecule has 1 aromatic rings. The summed E-state index contributed by atoms with van der Waals surface area (Å²) in [7, 11) is 0. The number of aromatic nitrogens is 2. The molecule has 0 bridgehead atoms. The molecule has 5 nitrogen and oxygen atoms in total. The third-order valence-corrected chi connectivity index (χ3v) is 3.09. The molecule has 3 N–H and O–H groups in total. The van der Waals surface area contributed by atoms with Crippen LogP contribution in [0.2, 0.25) is 0 Å². The summed E-state index contributed by atoms with van der Waals surface area (Å²) in [5.41, 5.74) is 5.85. The monoisotopic (exact) mass is 214 g/mol. The zero-order chi connectivity index (χ0) is 9.97. The Morgan fingerprint density at radius 3 is 3.00 bits per heavy atom. The van der Waals surface area contributed by atoms with E-state index in [0.717, 1.165) is 23.3 Å². The Labute approximate surface area is 86.7 Å². The van der Waals surface area contributed by atoms with Crippen LogP contribution in [0.25, 0.3) is 0 Å². The van der Waals surface area contributed by atoms with Crippen molar-refractivity contribution in [3.8, 4) is 0 Å². The molecule has 1 aromatic heterocycles. The van der Waals surface area contributed by atoms with Gasteiger partial charge in [0.15, 0.2) is 0 Å². The summed E-state index contributed by atoms with van der Waals surface area (Å²) < 4.78 is 5.27. The third kappa shape index (κ3) is 2.20. The Bertz CT molecular complexity index is 303. The van der Waals surface area contributed by atoms with Crippen LogP contribution in [0, 0.1) is 12.8 Å². The van der Waals surface area contributed by atoms with Crippen molar-refractivity contribution >= 4 is 16.5 Å². The van der Waals surface area contributed by atoms with Gasteiger partial charge in [-0.25, -0.2) is 0 Å². The Balaban J connectivity index is 1.82. The average molecular weight is 214 g/mol. The summed E-state index contributed by atoms with van der Waals surface area (Å²) in [6, 6.07) is 0.150. The van der Waals surface area contributed by atoms with E-state index in [4.69, 9.17) is 10.5 Å². The lowest BCUT2D eigenvalue weighted by Gasteiger charge is -2.12. The van der Waals surface area contributed by atoms with E-state index in [-0.39, 0.29) is 6.04 Å². The van der Waals surface area contributed by atoms with Crippen LogP contribution in [0.1, 0.15) is 5.01 Å². The molecule has 1 aliphatic rings. The highest BCUT2D eigenvalue weighted by atomic mass is 32.1. The maximum Gasteiger partial charge on any atom is 0.205 e. The van der Waals surface area contributed by atoms with Gasteiger partial charge in [0.05, 0.1) is 13.2 Å². The van der Waals surface area contributed by atoms with Crippen LogP contribution >= 0.6 is 11.3 Å². The van der Waals surface area contributed by atoms with E-state index in [1.807, 2.05) is 6.92 Å². The lowest BCUT2D eigenvalue weighted by Crippen LogP contribution is -2.33. The van der Waals surface area contributed by atoms with Crippen molar-refractivity contribution in [1.29, 1.82) is 0 Å². The molecule has 0 amide bonds. The third-order valence-electron chi connectivity index (χ3n) is 2.29. The molecule has 78 valence electrons. The van der Waals surface area contributed by atoms with Crippen molar-refractivity contribution in [3.05, 3.63) is 5.01 Å². The largest absolute Gasteiger partial charge is 0.379 e. The SMILES string of the molecule is Cc1nnc(NC[C@@H]2COC[C@@H]2N)s1. The van der Waals surface area contributed by atoms with Crippen LogP contribution in [0.4, 0.5) is 5.13 Å². The number of hydrogen-bond acceptors (Lipinski definition) is 6. The Morgan fingerprint density at radius 2 is 2.43 bits per heavy atom. The smallest absolute Gasteiger partial charge is 0.205 e. The van der Waals surface area contributed by atoms with Gasteiger partial charge in [-0.15, -0.1) is 10.2 Å². The van der Waals surface area contributed by atoms with Gasteiger partial charge >= 0.3 is 0 Å². The number of anilines is 1. The highest BCUT2D eigenvalue weighted by Crippen LogP contribution is 2.16. The standard InChI is InChI=1S/C8H14N4OS/c1-5-11-12-8(14-5)10-2-6-3-13-4-7(6)9/h6-7H,2-4,9H2,1H3,(H,10,12)/t6-,7+/m1/s1. The molecular formula is C8H14N4OS. The number of rotatable bonds is 3. The van der Waals surface area contributed by atoms with Crippen LogP contribution in [0.5, 0.6) is 0 Å². The van der Waals surface area contributed by atoms with Gasteiger partial charge in [0.25, 0.3) is 0 Å². The molecule has 6 heteroatoms. The van der Waals surface area contributed by atoms with Gasteiger partial charge in [0.2, 0.25) is 5.13 Å². The highest BCUT2D eigenvalue weighted by Gasteiger charge is 2.24. The van der Waals surface area contributed by atoms with E-state index in [0.29, 0.717) is 12.5 Å². The second-order valence-electron chi connectivity index (χ2n) is 3.47. The number of ether oxygens (including phenoxy) is 1. The first kappa shape index (κ1) is 9.82. The molecule has 2 rings (SSSR count). The summed E-state index contributed by atoms with van der Waals surface area (Å²) >= 11 is 1.56. The lowest BCUT2D eigenvalue weighted by atomic mass is 10.1. The van der Waals surface area contributed by atoms with Gasteiger partial charge in [0.1, 0.15) is 5.01 Å². The maximum atomic E-state index is 5.85. The minimum atomic E-state index is 0.150. The highest BCUT2D eigenvalue weighted by molar-refractivity contribution is 7.15. The summed E-state index contributed by atoms with van der Waals surface area (Å²) in [4.78, 5) is 0. The number of nitrogens with zero attached hydrogens (tertiary/aromatic N) is 2. The molecule has 0 aromatic carbocycles. The first-order valence-electron chi connectivity index (χ1n) is 4.63. The van der Waals surface area contributed by atoms with Crippen molar-refractivity contribution in [2.24, 2.45) is 11.7 Å². The summed E-state index contributed by atoms with van der Waals surface area (Å²) in [5, 5.41) is 13.0. The molecule has 0 aliphatic carbocycles. The molecule has 0 radical (unpaired) electrons. The molecule has 1 aliphatic heterocycles. The minimum absolute atomic E-state index is 0.150. The van der Waals surface area contributed by atoms with Gasteiger partial charge in [-0.2, -0.15) is 0 Å². The van der Waals surface area contributed by atoms with E-state index in [9.17, 15) is 0 Å². The topological polar surface area (TPSA) is 73.1 Å². The first-order valence-corrected chi connectivity index (χ1v) is 5.44. The molecule has 0 saturated carbocycles. The number of nitrogens with two attached hydrogens (primary N) is 1. The molecule has 0 unspecified atom stereocenters. The van der Waals surface area contributed by atoms with Crippen molar-refractivity contribution in [2.75, 3.05) is 25.1 Å². The van der Waals surface area contributed by atoms with Crippen LogP contribution < -0.4 is 11.1 Å². The molecule has 14 heavy (non-hydrogen) atoms. The van der Waals surface area contributed by atoms with Crippen molar-refractivity contribution in [2.45, 2.75) is 13.0 Å². The fourth-order valence-electron chi connectivity index (χ4n) is 1.41. The van der Waals surface area contributed by atoms with Gasteiger partial charge in [-0.1, -0.05) is 11.3 Å². The molecule has 2 heterocycles. The van der Waals surface area contributed by atoms with Gasteiger partial charge in [-0.3, -0.25) is 0 Å². The number of hydrogen-bond donors (Lipinski definition) is 2. The van der Waals surface area contributed by atoms with E-state index < -0.39 is 0 Å². The Hall–Kier alpha value is -0.720. The summed E-state index contributed by atoms with van der Waals surface area (Å²) in [5.74, 6) is 0.388. The predicted octanol–water partition coefficient (Wildman–Crippen LogP) is 0.232. The predicted molar refractivity (Wildman–Crippen MR) is 55.4 cm³/mol. The summed E-state index contributed by atoms with van der Waals surface area (Å²) in [6.45, 7) is 4.16. The van der Waals surface area contributed by atoms with E-state index in [2.05, 4.69) is 15.5 Å². The van der Waals surface area contributed by atoms with Crippen LogP contribution in [-0.4, -0.2) is 36.0 Å². The van der Waals surface area contributed by atoms with E-state index >= 15 is 0 Å². The fraction of sp³-hybridized carbons (Fsp3) is 0.750. The lowest BCUT2D eigenvalue weighted by molar-refractivity contribution is 0.185. The Kier molecular flexibility index (Phi) is 2.95. The molecule has 1 fully saturated rings. The van der Waals surface area contributed by atoms with Crippen LogP contribution in [0.3, 0.4) is 0 Å².